The van der Waals surface area contributed by atoms with Gasteiger partial charge in [-0.2, -0.15) is 0 Å². The van der Waals surface area contributed by atoms with E-state index in [2.05, 4.69) is 10.6 Å². The van der Waals surface area contributed by atoms with Gasteiger partial charge in [0.1, 0.15) is 6.61 Å². The van der Waals surface area contributed by atoms with Gasteiger partial charge >= 0.3 is 0 Å². The molecule has 0 aliphatic carbocycles. The fourth-order valence-corrected chi connectivity index (χ4v) is 1.17. The molecule has 0 bridgehead atoms. The first-order valence-electron chi connectivity index (χ1n) is 4.36. The highest BCUT2D eigenvalue weighted by atomic mass is 16.5. The summed E-state index contributed by atoms with van der Waals surface area (Å²) in [4.78, 5) is 21.8. The Hall–Kier alpha value is -1.10. The smallest absolute Gasteiger partial charge is 0.246 e. The van der Waals surface area contributed by atoms with Crippen molar-refractivity contribution >= 4 is 11.8 Å². The Morgan fingerprint density at radius 2 is 2.54 bits per heavy atom. The maximum Gasteiger partial charge on any atom is 0.246 e. The largest absolute Gasteiger partial charge is 0.372 e. The van der Waals surface area contributed by atoms with E-state index in [9.17, 15) is 9.59 Å². The zero-order chi connectivity index (χ0) is 9.68. The highest BCUT2D eigenvalue weighted by molar-refractivity contribution is 5.82. The molecule has 1 aliphatic heterocycles. The number of carbonyl (C=O) groups excluding carboxylic acids is 2. The summed E-state index contributed by atoms with van der Waals surface area (Å²) in [6.07, 6.45) is 0.373. The van der Waals surface area contributed by atoms with E-state index in [0.717, 1.165) is 0 Å². The van der Waals surface area contributed by atoms with E-state index in [1.807, 2.05) is 6.92 Å². The summed E-state index contributed by atoms with van der Waals surface area (Å²) in [6, 6.07) is -0.0690. The number of hydrogen-bond acceptors (Lipinski definition) is 3. The lowest BCUT2D eigenvalue weighted by Gasteiger charge is -2.09. The van der Waals surface area contributed by atoms with Gasteiger partial charge in [-0.05, 0) is 6.92 Å². The van der Waals surface area contributed by atoms with Gasteiger partial charge in [-0.3, -0.25) is 9.59 Å². The summed E-state index contributed by atoms with van der Waals surface area (Å²) in [5, 5.41) is 5.33. The number of rotatable bonds is 4. The van der Waals surface area contributed by atoms with Crippen LogP contribution in [0.4, 0.5) is 0 Å². The average molecular weight is 186 g/mol. The van der Waals surface area contributed by atoms with Gasteiger partial charge in [-0.15, -0.1) is 0 Å². The van der Waals surface area contributed by atoms with Crippen molar-refractivity contribution in [3.63, 3.8) is 0 Å². The van der Waals surface area contributed by atoms with Crippen molar-refractivity contribution in [3.8, 4) is 0 Å². The van der Waals surface area contributed by atoms with Crippen molar-refractivity contribution in [2.75, 3.05) is 19.8 Å². The topological polar surface area (TPSA) is 67.4 Å². The van der Waals surface area contributed by atoms with Crippen molar-refractivity contribution in [2.24, 2.45) is 0 Å². The van der Waals surface area contributed by atoms with Crippen LogP contribution in [0.2, 0.25) is 0 Å². The molecule has 1 heterocycles. The van der Waals surface area contributed by atoms with E-state index in [1.54, 1.807) is 0 Å². The summed E-state index contributed by atoms with van der Waals surface area (Å²) in [7, 11) is 0. The average Bonchev–Trinajstić information content (AvgIpc) is 2.48. The highest BCUT2D eigenvalue weighted by Crippen LogP contribution is 1.98. The summed E-state index contributed by atoms with van der Waals surface area (Å²) in [5.74, 6) is -0.176. The van der Waals surface area contributed by atoms with Crippen LogP contribution in [0.5, 0.6) is 0 Å². The molecule has 5 nitrogen and oxygen atoms in total. The summed E-state index contributed by atoms with van der Waals surface area (Å²) >= 11 is 0. The van der Waals surface area contributed by atoms with Crippen molar-refractivity contribution in [3.05, 3.63) is 0 Å². The van der Waals surface area contributed by atoms with E-state index in [0.29, 0.717) is 19.6 Å². The predicted molar refractivity (Wildman–Crippen MR) is 46.1 cm³/mol. The molecule has 13 heavy (non-hydrogen) atoms. The standard InChI is InChI=1S/C8H14N2O3/c1-2-13-5-8(12)10-6-3-7(11)9-4-6/h6H,2-5H2,1H3,(H,9,11)(H,10,12)/t6-/m1/s1. The second kappa shape index (κ2) is 4.81. The second-order valence-electron chi connectivity index (χ2n) is 2.91. The molecule has 1 atom stereocenters. The van der Waals surface area contributed by atoms with E-state index in [4.69, 9.17) is 4.74 Å². The van der Waals surface area contributed by atoms with Gasteiger partial charge in [0.05, 0.1) is 6.04 Å². The lowest BCUT2D eigenvalue weighted by molar-refractivity contribution is -0.126. The first kappa shape index (κ1) is 9.98. The van der Waals surface area contributed by atoms with Gasteiger partial charge in [-0.25, -0.2) is 0 Å². The minimum absolute atomic E-state index is 0.0123. The Kier molecular flexibility index (Phi) is 3.70. The normalized spacial score (nSPS) is 21.3. The van der Waals surface area contributed by atoms with Gasteiger partial charge in [0.2, 0.25) is 11.8 Å². The maximum absolute atomic E-state index is 11.1. The fourth-order valence-electron chi connectivity index (χ4n) is 1.17. The number of ether oxygens (including phenoxy) is 1. The minimum atomic E-state index is -0.164. The quantitative estimate of drug-likeness (QED) is 0.593. The first-order chi connectivity index (χ1) is 6.22. The highest BCUT2D eigenvalue weighted by Gasteiger charge is 2.22. The fraction of sp³-hybridized carbons (Fsp3) is 0.750. The Morgan fingerprint density at radius 1 is 1.77 bits per heavy atom. The van der Waals surface area contributed by atoms with Crippen LogP contribution in [0, 0.1) is 0 Å². The van der Waals surface area contributed by atoms with Crippen LogP contribution in [0.1, 0.15) is 13.3 Å². The molecule has 0 unspecified atom stereocenters. The number of nitrogens with one attached hydrogen (secondary N) is 2. The lowest BCUT2D eigenvalue weighted by Crippen LogP contribution is -2.38. The molecule has 5 heteroatoms. The molecular formula is C8H14N2O3. The first-order valence-corrected chi connectivity index (χ1v) is 4.36. The second-order valence-corrected chi connectivity index (χ2v) is 2.91. The molecule has 74 valence electrons. The summed E-state index contributed by atoms with van der Waals surface area (Å²) in [5.41, 5.74) is 0. The van der Waals surface area contributed by atoms with Crippen molar-refractivity contribution in [2.45, 2.75) is 19.4 Å². The third-order valence-corrected chi connectivity index (χ3v) is 1.78. The van der Waals surface area contributed by atoms with Gasteiger partial charge in [0.15, 0.2) is 0 Å². The molecule has 0 radical (unpaired) electrons. The van der Waals surface area contributed by atoms with E-state index in [1.165, 1.54) is 0 Å². The Morgan fingerprint density at radius 3 is 3.08 bits per heavy atom. The van der Waals surface area contributed by atoms with Gasteiger partial charge in [0, 0.05) is 19.6 Å². The SMILES string of the molecule is CCOCC(=O)N[C@H]1CNC(=O)C1. The van der Waals surface area contributed by atoms with E-state index in [-0.39, 0.29) is 24.5 Å². The molecule has 0 aromatic carbocycles. The zero-order valence-corrected chi connectivity index (χ0v) is 7.63. The molecule has 0 aromatic heterocycles. The molecule has 1 saturated heterocycles. The summed E-state index contributed by atoms with van der Waals surface area (Å²) in [6.45, 7) is 2.95. The Labute approximate surface area is 76.8 Å². The summed E-state index contributed by atoms with van der Waals surface area (Å²) < 4.78 is 4.92. The van der Waals surface area contributed by atoms with Crippen LogP contribution >= 0.6 is 0 Å². The molecule has 0 aromatic rings. The van der Waals surface area contributed by atoms with Crippen LogP contribution in [0.25, 0.3) is 0 Å². The zero-order valence-electron chi connectivity index (χ0n) is 7.63. The molecule has 1 fully saturated rings. The van der Waals surface area contributed by atoms with Gasteiger partial charge < -0.3 is 15.4 Å². The third-order valence-electron chi connectivity index (χ3n) is 1.78. The molecule has 0 spiro atoms. The monoisotopic (exact) mass is 186 g/mol. The number of amides is 2. The third kappa shape index (κ3) is 3.42. The molecule has 1 aliphatic rings. The molecular weight excluding hydrogens is 172 g/mol. The van der Waals surface area contributed by atoms with Crippen LogP contribution in [0.15, 0.2) is 0 Å². The number of carbonyl (C=O) groups is 2. The van der Waals surface area contributed by atoms with Crippen LogP contribution in [0.3, 0.4) is 0 Å². The van der Waals surface area contributed by atoms with Crippen molar-refractivity contribution < 1.29 is 14.3 Å². The van der Waals surface area contributed by atoms with Gasteiger partial charge in [0.25, 0.3) is 0 Å². The Balaban J connectivity index is 2.17. The molecule has 1 rings (SSSR count). The Bertz CT molecular complexity index is 206. The predicted octanol–water partition coefficient (Wildman–Crippen LogP) is -0.972. The maximum atomic E-state index is 11.1. The van der Waals surface area contributed by atoms with Crippen molar-refractivity contribution in [1.82, 2.24) is 10.6 Å². The van der Waals surface area contributed by atoms with Gasteiger partial charge in [-0.1, -0.05) is 0 Å². The van der Waals surface area contributed by atoms with Crippen LogP contribution in [-0.4, -0.2) is 37.6 Å². The van der Waals surface area contributed by atoms with E-state index < -0.39 is 0 Å². The lowest BCUT2D eigenvalue weighted by atomic mass is 10.2. The minimum Gasteiger partial charge on any atom is -0.372 e. The molecule has 2 amide bonds. The van der Waals surface area contributed by atoms with Crippen molar-refractivity contribution in [1.29, 1.82) is 0 Å². The molecule has 2 N–H and O–H groups in total. The van der Waals surface area contributed by atoms with Crippen LogP contribution < -0.4 is 10.6 Å². The molecule has 0 saturated carbocycles. The van der Waals surface area contributed by atoms with Crippen LogP contribution in [-0.2, 0) is 14.3 Å². The number of hydrogen-bond donors (Lipinski definition) is 2. The van der Waals surface area contributed by atoms with E-state index >= 15 is 0 Å².